The van der Waals surface area contributed by atoms with E-state index in [1.54, 1.807) is 13.3 Å². The zero-order chi connectivity index (χ0) is 11.3. The summed E-state index contributed by atoms with van der Waals surface area (Å²) < 4.78 is 5.23. The highest BCUT2D eigenvalue weighted by Gasteiger charge is 2.14. The predicted molar refractivity (Wildman–Crippen MR) is 62.0 cm³/mol. The number of hydrogen-bond donors (Lipinski definition) is 1. The molecule has 82 valence electrons. The Balaban J connectivity index is 2.95. The zero-order valence-corrected chi connectivity index (χ0v) is 9.58. The van der Waals surface area contributed by atoms with Gasteiger partial charge in [-0.25, -0.2) is 4.98 Å². The van der Waals surface area contributed by atoms with Crippen molar-refractivity contribution in [2.24, 2.45) is 0 Å². The monoisotopic (exact) mass is 206 g/mol. The number of hydrogen-bond acceptors (Lipinski definition) is 3. The number of ether oxygens (including phenoxy) is 1. The van der Waals surface area contributed by atoms with Gasteiger partial charge in [-0.2, -0.15) is 0 Å². The summed E-state index contributed by atoms with van der Waals surface area (Å²) >= 11 is 0. The van der Waals surface area contributed by atoms with Crippen molar-refractivity contribution in [1.29, 1.82) is 0 Å². The zero-order valence-electron chi connectivity index (χ0n) is 9.58. The lowest BCUT2D eigenvalue weighted by Gasteiger charge is -2.18. The van der Waals surface area contributed by atoms with Crippen molar-refractivity contribution in [2.75, 3.05) is 14.2 Å². The average molecular weight is 206 g/mol. The van der Waals surface area contributed by atoms with E-state index in [1.807, 2.05) is 26.1 Å². The molecule has 0 aliphatic heterocycles. The first-order valence-electron chi connectivity index (χ1n) is 4.99. The SMILES string of the molecule is C=C(C)CC(NC)c1cccnc1OC. The molecule has 3 nitrogen and oxygen atoms in total. The molecule has 0 saturated heterocycles. The third-order valence-corrected chi connectivity index (χ3v) is 2.27. The van der Waals surface area contributed by atoms with Crippen molar-refractivity contribution in [2.45, 2.75) is 19.4 Å². The molecule has 15 heavy (non-hydrogen) atoms. The highest BCUT2D eigenvalue weighted by molar-refractivity contribution is 5.29. The van der Waals surface area contributed by atoms with Crippen LogP contribution in [-0.4, -0.2) is 19.1 Å². The van der Waals surface area contributed by atoms with Crippen molar-refractivity contribution >= 4 is 0 Å². The number of rotatable bonds is 5. The van der Waals surface area contributed by atoms with E-state index in [1.165, 1.54) is 0 Å². The van der Waals surface area contributed by atoms with Gasteiger partial charge in [0.2, 0.25) is 5.88 Å². The minimum Gasteiger partial charge on any atom is -0.481 e. The van der Waals surface area contributed by atoms with E-state index < -0.39 is 0 Å². The molecule has 0 bridgehead atoms. The molecule has 0 aliphatic carbocycles. The first-order valence-corrected chi connectivity index (χ1v) is 4.99. The van der Waals surface area contributed by atoms with Crippen LogP contribution in [0.15, 0.2) is 30.5 Å². The van der Waals surface area contributed by atoms with Crippen LogP contribution in [0.25, 0.3) is 0 Å². The predicted octanol–water partition coefficient (Wildman–Crippen LogP) is 2.32. The summed E-state index contributed by atoms with van der Waals surface area (Å²) in [6, 6.07) is 4.16. The molecule has 1 heterocycles. The number of nitrogens with one attached hydrogen (secondary N) is 1. The molecule has 1 atom stereocenters. The van der Waals surface area contributed by atoms with Crippen LogP contribution in [0.4, 0.5) is 0 Å². The summed E-state index contributed by atoms with van der Waals surface area (Å²) in [5, 5.41) is 3.24. The van der Waals surface area contributed by atoms with Gasteiger partial charge >= 0.3 is 0 Å². The van der Waals surface area contributed by atoms with E-state index in [4.69, 9.17) is 4.74 Å². The highest BCUT2D eigenvalue weighted by atomic mass is 16.5. The molecule has 1 N–H and O–H groups in total. The molecule has 0 amide bonds. The average Bonchev–Trinajstić information content (AvgIpc) is 2.25. The fourth-order valence-corrected chi connectivity index (χ4v) is 1.55. The van der Waals surface area contributed by atoms with Crippen LogP contribution < -0.4 is 10.1 Å². The standard InChI is InChI=1S/C12H18N2O/c1-9(2)8-11(13-3)10-6-5-7-14-12(10)15-4/h5-7,11,13H,1,8H2,2-4H3. The molecule has 1 aromatic rings. The summed E-state index contributed by atoms with van der Waals surface area (Å²) in [6.07, 6.45) is 2.62. The Hall–Kier alpha value is -1.35. The van der Waals surface area contributed by atoms with E-state index in [9.17, 15) is 0 Å². The Labute approximate surface area is 91.2 Å². The second-order valence-corrected chi connectivity index (χ2v) is 3.60. The molecule has 0 saturated carbocycles. The van der Waals surface area contributed by atoms with Crippen LogP contribution in [0.1, 0.15) is 24.9 Å². The summed E-state index contributed by atoms with van der Waals surface area (Å²) in [5.74, 6) is 0.679. The third kappa shape index (κ3) is 3.06. The van der Waals surface area contributed by atoms with Gasteiger partial charge in [-0.05, 0) is 26.5 Å². The molecule has 1 aromatic heterocycles. The Kier molecular flexibility index (Phi) is 4.31. The maximum absolute atomic E-state index is 5.23. The van der Waals surface area contributed by atoms with Crippen molar-refractivity contribution < 1.29 is 4.74 Å². The minimum absolute atomic E-state index is 0.214. The largest absolute Gasteiger partial charge is 0.481 e. The fraction of sp³-hybridized carbons (Fsp3) is 0.417. The van der Waals surface area contributed by atoms with Crippen molar-refractivity contribution in [1.82, 2.24) is 10.3 Å². The minimum atomic E-state index is 0.214. The number of methoxy groups -OCH3 is 1. The van der Waals surface area contributed by atoms with Crippen LogP contribution >= 0.6 is 0 Å². The number of pyridine rings is 1. The molecule has 1 rings (SSSR count). The number of aromatic nitrogens is 1. The lowest BCUT2D eigenvalue weighted by molar-refractivity contribution is 0.384. The van der Waals surface area contributed by atoms with E-state index in [2.05, 4.69) is 16.9 Å². The molecule has 0 aliphatic rings. The first-order chi connectivity index (χ1) is 7.19. The maximum atomic E-state index is 5.23. The molecule has 0 spiro atoms. The molecule has 3 heteroatoms. The van der Waals surface area contributed by atoms with E-state index in [0.717, 1.165) is 17.6 Å². The van der Waals surface area contributed by atoms with Gasteiger partial charge in [0.1, 0.15) is 0 Å². The molecular weight excluding hydrogens is 188 g/mol. The van der Waals surface area contributed by atoms with Crippen LogP contribution in [0.3, 0.4) is 0 Å². The van der Waals surface area contributed by atoms with E-state index in [-0.39, 0.29) is 6.04 Å². The topological polar surface area (TPSA) is 34.2 Å². The first kappa shape index (κ1) is 11.7. The summed E-state index contributed by atoms with van der Waals surface area (Å²) in [4.78, 5) is 4.18. The van der Waals surface area contributed by atoms with Gasteiger partial charge in [0, 0.05) is 17.8 Å². The van der Waals surface area contributed by atoms with Crippen LogP contribution in [0.2, 0.25) is 0 Å². The summed E-state index contributed by atoms with van der Waals surface area (Å²) in [6.45, 7) is 5.94. The summed E-state index contributed by atoms with van der Waals surface area (Å²) in [5.41, 5.74) is 2.21. The molecule has 0 radical (unpaired) electrons. The Morgan fingerprint density at radius 2 is 2.40 bits per heavy atom. The second kappa shape index (κ2) is 5.51. The molecule has 1 unspecified atom stereocenters. The Morgan fingerprint density at radius 3 is 2.93 bits per heavy atom. The quantitative estimate of drug-likeness (QED) is 0.751. The normalized spacial score (nSPS) is 12.2. The highest BCUT2D eigenvalue weighted by Crippen LogP contribution is 2.26. The van der Waals surface area contributed by atoms with Gasteiger partial charge in [-0.15, -0.1) is 6.58 Å². The van der Waals surface area contributed by atoms with Crippen LogP contribution in [0, 0.1) is 0 Å². The van der Waals surface area contributed by atoms with Gasteiger partial charge in [0.15, 0.2) is 0 Å². The van der Waals surface area contributed by atoms with E-state index >= 15 is 0 Å². The maximum Gasteiger partial charge on any atom is 0.217 e. The van der Waals surface area contributed by atoms with Crippen molar-refractivity contribution in [3.05, 3.63) is 36.0 Å². The van der Waals surface area contributed by atoms with Gasteiger partial charge in [0.25, 0.3) is 0 Å². The van der Waals surface area contributed by atoms with E-state index in [0.29, 0.717) is 5.88 Å². The van der Waals surface area contributed by atoms with Gasteiger partial charge in [0.05, 0.1) is 7.11 Å². The van der Waals surface area contributed by atoms with Crippen molar-refractivity contribution in [3.8, 4) is 5.88 Å². The van der Waals surface area contributed by atoms with Gasteiger partial charge in [-0.3, -0.25) is 0 Å². The lowest BCUT2D eigenvalue weighted by atomic mass is 10.0. The number of nitrogens with zero attached hydrogens (tertiary/aromatic N) is 1. The van der Waals surface area contributed by atoms with Crippen LogP contribution in [0.5, 0.6) is 5.88 Å². The smallest absolute Gasteiger partial charge is 0.217 e. The summed E-state index contributed by atoms with van der Waals surface area (Å²) in [7, 11) is 3.57. The van der Waals surface area contributed by atoms with Crippen molar-refractivity contribution in [3.63, 3.8) is 0 Å². The Morgan fingerprint density at radius 1 is 1.67 bits per heavy atom. The van der Waals surface area contributed by atoms with Gasteiger partial charge < -0.3 is 10.1 Å². The Bertz CT molecular complexity index is 336. The molecular formula is C12H18N2O. The second-order valence-electron chi connectivity index (χ2n) is 3.60. The van der Waals surface area contributed by atoms with Gasteiger partial charge in [-0.1, -0.05) is 11.6 Å². The molecule has 0 fully saturated rings. The molecule has 0 aromatic carbocycles. The fourth-order valence-electron chi connectivity index (χ4n) is 1.55. The third-order valence-electron chi connectivity index (χ3n) is 2.27. The lowest BCUT2D eigenvalue weighted by Crippen LogP contribution is -2.17. The van der Waals surface area contributed by atoms with Crippen LogP contribution in [-0.2, 0) is 0 Å².